The molecule has 18 heavy (non-hydrogen) atoms. The molecule has 3 heteroatoms. The molecule has 0 aromatic heterocycles. The average Bonchev–Trinajstić information content (AvgIpc) is 2.38. The fourth-order valence-corrected chi connectivity index (χ4v) is 1.98. The van der Waals surface area contributed by atoms with Crippen molar-refractivity contribution >= 4 is 5.69 Å². The summed E-state index contributed by atoms with van der Waals surface area (Å²) in [5.41, 5.74) is 2.47. The summed E-state index contributed by atoms with van der Waals surface area (Å²) in [6, 6.07) is 11.6. The molecular weight excluding hydrogens is 222 g/mol. The minimum Gasteiger partial charge on any atom is -0.368 e. The molecule has 1 unspecified atom stereocenters. The molecule has 0 fully saturated rings. The van der Waals surface area contributed by atoms with Gasteiger partial charge in [0, 0.05) is 24.3 Å². The molecule has 0 saturated heterocycles. The average molecular weight is 245 g/mol. The van der Waals surface area contributed by atoms with Crippen LogP contribution in [0.25, 0.3) is 0 Å². The Kier molecular flexibility index (Phi) is 5.67. The van der Waals surface area contributed by atoms with Crippen LogP contribution in [0.4, 0.5) is 5.69 Å². The van der Waals surface area contributed by atoms with Crippen LogP contribution in [0.1, 0.15) is 38.8 Å². The number of nitrogens with one attached hydrogen (secondary N) is 1. The van der Waals surface area contributed by atoms with Crippen LogP contribution in [0, 0.1) is 11.3 Å². The van der Waals surface area contributed by atoms with Gasteiger partial charge in [0.05, 0.1) is 12.5 Å². The highest BCUT2D eigenvalue weighted by Gasteiger charge is 2.10. The third kappa shape index (κ3) is 3.75. The van der Waals surface area contributed by atoms with Gasteiger partial charge in [-0.1, -0.05) is 12.1 Å². The molecule has 3 nitrogen and oxygen atoms in total. The highest BCUT2D eigenvalue weighted by Crippen LogP contribution is 2.21. The third-order valence-electron chi connectivity index (χ3n) is 3.25. The first-order valence-corrected chi connectivity index (χ1v) is 6.51. The van der Waals surface area contributed by atoms with Crippen LogP contribution in [0.15, 0.2) is 24.3 Å². The minimum atomic E-state index is 0.366. The topological polar surface area (TPSA) is 39.1 Å². The number of hydrogen-bond donors (Lipinski definition) is 1. The van der Waals surface area contributed by atoms with E-state index in [-0.39, 0.29) is 0 Å². The Morgan fingerprint density at radius 1 is 1.22 bits per heavy atom. The zero-order valence-electron chi connectivity index (χ0n) is 11.8. The molecule has 0 aliphatic rings. The van der Waals surface area contributed by atoms with Gasteiger partial charge in [-0.3, -0.25) is 0 Å². The normalized spacial score (nSPS) is 12.2. The minimum absolute atomic E-state index is 0.366. The Bertz CT molecular complexity index is 389. The number of nitrogens with zero attached hydrogens (tertiary/aromatic N) is 2. The summed E-state index contributed by atoms with van der Waals surface area (Å²) in [6.07, 6.45) is 0.562. The monoisotopic (exact) mass is 245 g/mol. The van der Waals surface area contributed by atoms with Crippen LogP contribution in [-0.2, 0) is 0 Å². The molecule has 1 atom stereocenters. The SMILES string of the molecule is CNC(C)c1ccc(N(CCC#N)C(C)C)cc1. The van der Waals surface area contributed by atoms with Crippen molar-refractivity contribution in [1.82, 2.24) is 5.32 Å². The van der Waals surface area contributed by atoms with Crippen molar-refractivity contribution < 1.29 is 0 Å². The smallest absolute Gasteiger partial charge is 0.0640 e. The predicted octanol–water partition coefficient (Wildman–Crippen LogP) is 3.10. The van der Waals surface area contributed by atoms with Crippen LogP contribution < -0.4 is 10.2 Å². The molecule has 0 spiro atoms. The number of anilines is 1. The summed E-state index contributed by atoms with van der Waals surface area (Å²) in [5, 5.41) is 11.9. The van der Waals surface area contributed by atoms with Gasteiger partial charge >= 0.3 is 0 Å². The Balaban J connectivity index is 2.84. The maximum absolute atomic E-state index is 8.71. The van der Waals surface area contributed by atoms with Crippen molar-refractivity contribution in [1.29, 1.82) is 5.26 Å². The number of nitriles is 1. The highest BCUT2D eigenvalue weighted by atomic mass is 15.1. The van der Waals surface area contributed by atoms with E-state index in [1.54, 1.807) is 0 Å². The number of rotatable bonds is 6. The number of benzene rings is 1. The highest BCUT2D eigenvalue weighted by molar-refractivity contribution is 5.48. The van der Waals surface area contributed by atoms with Gasteiger partial charge in [-0.2, -0.15) is 5.26 Å². The van der Waals surface area contributed by atoms with Gasteiger partial charge in [0.2, 0.25) is 0 Å². The van der Waals surface area contributed by atoms with E-state index in [0.29, 0.717) is 18.5 Å². The first-order valence-electron chi connectivity index (χ1n) is 6.51. The van der Waals surface area contributed by atoms with E-state index in [1.807, 2.05) is 7.05 Å². The molecular formula is C15H23N3. The van der Waals surface area contributed by atoms with Crippen molar-refractivity contribution in [3.05, 3.63) is 29.8 Å². The molecule has 1 N–H and O–H groups in total. The van der Waals surface area contributed by atoms with E-state index in [9.17, 15) is 0 Å². The molecule has 0 aliphatic heterocycles. The van der Waals surface area contributed by atoms with Gasteiger partial charge in [-0.25, -0.2) is 0 Å². The fraction of sp³-hybridized carbons (Fsp3) is 0.533. The first-order chi connectivity index (χ1) is 8.60. The fourth-order valence-electron chi connectivity index (χ4n) is 1.98. The summed E-state index contributed by atoms with van der Waals surface area (Å²) in [4.78, 5) is 2.26. The predicted molar refractivity (Wildman–Crippen MR) is 76.6 cm³/mol. The summed E-state index contributed by atoms with van der Waals surface area (Å²) < 4.78 is 0. The van der Waals surface area contributed by atoms with Crippen molar-refractivity contribution in [2.45, 2.75) is 39.3 Å². The van der Waals surface area contributed by atoms with Crippen LogP contribution in [-0.4, -0.2) is 19.6 Å². The zero-order valence-corrected chi connectivity index (χ0v) is 11.8. The second-order valence-corrected chi connectivity index (χ2v) is 4.80. The molecule has 0 saturated carbocycles. The van der Waals surface area contributed by atoms with Crippen LogP contribution >= 0.6 is 0 Å². The van der Waals surface area contributed by atoms with Gasteiger partial charge < -0.3 is 10.2 Å². The van der Waals surface area contributed by atoms with Gasteiger partial charge in [0.15, 0.2) is 0 Å². The maximum atomic E-state index is 8.71. The molecule has 1 rings (SSSR count). The molecule has 0 amide bonds. The third-order valence-corrected chi connectivity index (χ3v) is 3.25. The molecule has 98 valence electrons. The quantitative estimate of drug-likeness (QED) is 0.837. The van der Waals surface area contributed by atoms with Gasteiger partial charge in [-0.05, 0) is 45.5 Å². The van der Waals surface area contributed by atoms with E-state index in [1.165, 1.54) is 11.3 Å². The number of hydrogen-bond acceptors (Lipinski definition) is 3. The standard InChI is InChI=1S/C15H23N3/c1-12(2)18(11-5-10-16)15-8-6-14(7-9-15)13(3)17-4/h6-9,12-13,17H,5,11H2,1-4H3. The Labute approximate surface area is 110 Å². The Morgan fingerprint density at radius 3 is 2.28 bits per heavy atom. The molecule has 1 aromatic carbocycles. The van der Waals surface area contributed by atoms with E-state index in [4.69, 9.17) is 5.26 Å². The largest absolute Gasteiger partial charge is 0.368 e. The molecule has 0 heterocycles. The molecule has 0 aliphatic carbocycles. The van der Waals surface area contributed by atoms with Crippen LogP contribution in [0.5, 0.6) is 0 Å². The summed E-state index contributed by atoms with van der Waals surface area (Å²) in [5.74, 6) is 0. The lowest BCUT2D eigenvalue weighted by atomic mass is 10.1. The van der Waals surface area contributed by atoms with Gasteiger partial charge in [0.1, 0.15) is 0 Å². The maximum Gasteiger partial charge on any atom is 0.0640 e. The van der Waals surface area contributed by atoms with E-state index < -0.39 is 0 Å². The Hall–Kier alpha value is -1.53. The second kappa shape index (κ2) is 7.03. The van der Waals surface area contributed by atoms with Crippen LogP contribution in [0.2, 0.25) is 0 Å². The lowest BCUT2D eigenvalue weighted by molar-refractivity contribution is 0.651. The van der Waals surface area contributed by atoms with Gasteiger partial charge in [-0.15, -0.1) is 0 Å². The molecule has 1 aromatic rings. The Morgan fingerprint density at radius 2 is 1.83 bits per heavy atom. The van der Waals surface area contributed by atoms with E-state index in [0.717, 1.165) is 6.54 Å². The van der Waals surface area contributed by atoms with Crippen LogP contribution in [0.3, 0.4) is 0 Å². The lowest BCUT2D eigenvalue weighted by Crippen LogP contribution is -2.31. The molecule has 0 bridgehead atoms. The first kappa shape index (κ1) is 14.5. The van der Waals surface area contributed by atoms with Crippen molar-refractivity contribution in [2.24, 2.45) is 0 Å². The zero-order chi connectivity index (χ0) is 13.5. The second-order valence-electron chi connectivity index (χ2n) is 4.80. The van der Waals surface area contributed by atoms with Gasteiger partial charge in [0.25, 0.3) is 0 Å². The summed E-state index contributed by atoms with van der Waals surface area (Å²) in [7, 11) is 1.96. The van der Waals surface area contributed by atoms with E-state index in [2.05, 4.69) is 61.3 Å². The van der Waals surface area contributed by atoms with Crippen molar-refractivity contribution in [3.8, 4) is 6.07 Å². The summed E-state index contributed by atoms with van der Waals surface area (Å²) >= 11 is 0. The van der Waals surface area contributed by atoms with Crippen molar-refractivity contribution in [2.75, 3.05) is 18.5 Å². The summed E-state index contributed by atoms with van der Waals surface area (Å²) in [6.45, 7) is 7.24. The van der Waals surface area contributed by atoms with E-state index >= 15 is 0 Å². The lowest BCUT2D eigenvalue weighted by Gasteiger charge is -2.28. The molecule has 0 radical (unpaired) electrons. The van der Waals surface area contributed by atoms with Crippen molar-refractivity contribution in [3.63, 3.8) is 0 Å².